The van der Waals surface area contributed by atoms with E-state index in [1.165, 1.54) is 115 Å². The number of rotatable bonds is 41. The molecule has 5 atom stereocenters. The van der Waals surface area contributed by atoms with Crippen LogP contribution in [0.1, 0.15) is 203 Å². The van der Waals surface area contributed by atoms with Crippen LogP contribution in [0.3, 0.4) is 0 Å². The molecule has 4 aromatic carbocycles. The van der Waals surface area contributed by atoms with Gasteiger partial charge in [-0.25, -0.2) is 19.6 Å². The number of nitrogens with one attached hydrogen (secondary N) is 1. The number of ether oxygens (including phenoxy) is 5. The fourth-order valence-corrected chi connectivity index (χ4v) is 13.3. The average Bonchev–Trinajstić information content (AvgIpc) is 3.13. The lowest BCUT2D eigenvalue weighted by Gasteiger charge is -2.39. The van der Waals surface area contributed by atoms with Crippen LogP contribution in [0.25, 0.3) is 11.2 Å². The fraction of sp³-hybridized carbons (Fsp3) is 0.551. The number of fused-ring (bicyclic) bond motifs is 1. The van der Waals surface area contributed by atoms with E-state index in [1.54, 1.807) is 32.7 Å². The molecule has 1 aliphatic heterocycles. The van der Waals surface area contributed by atoms with Crippen molar-refractivity contribution < 1.29 is 37.5 Å². The second kappa shape index (κ2) is 36.4. The van der Waals surface area contributed by atoms with E-state index in [0.717, 1.165) is 36.0 Å². The normalized spacial score (nSPS) is 16.6. The van der Waals surface area contributed by atoms with Crippen molar-refractivity contribution in [1.82, 2.24) is 24.2 Å². The summed E-state index contributed by atoms with van der Waals surface area (Å²) in [5, 5.41) is 12.7. The molecule has 1 saturated heterocycles. The first-order valence-corrected chi connectivity index (χ1v) is 32.8. The molecule has 85 heavy (non-hydrogen) atoms. The van der Waals surface area contributed by atoms with Crippen LogP contribution in [0, 0.1) is 11.3 Å². The van der Waals surface area contributed by atoms with Crippen LogP contribution in [0.4, 0.5) is 5.82 Å². The molecule has 0 bridgehead atoms. The van der Waals surface area contributed by atoms with Crippen LogP contribution in [-0.4, -0.2) is 94.5 Å². The summed E-state index contributed by atoms with van der Waals surface area (Å²) in [4.78, 5) is 27.7. The summed E-state index contributed by atoms with van der Waals surface area (Å²) in [5.74, 6) is 1.35. The Labute approximate surface area is 508 Å². The van der Waals surface area contributed by atoms with Crippen molar-refractivity contribution in [1.29, 1.82) is 5.26 Å². The smallest absolute Gasteiger partial charge is 0.259 e. The number of nitriles is 1. The molecule has 0 spiro atoms. The third-order valence-electron chi connectivity index (χ3n) is 16.0. The number of carbonyl (C=O) groups is 1. The molecule has 0 radical (unpaired) electrons. The zero-order valence-corrected chi connectivity index (χ0v) is 52.8. The van der Waals surface area contributed by atoms with E-state index in [9.17, 15) is 10.1 Å². The van der Waals surface area contributed by atoms with Gasteiger partial charge in [0.15, 0.2) is 23.2 Å². The van der Waals surface area contributed by atoms with Crippen LogP contribution in [0.15, 0.2) is 122 Å². The van der Waals surface area contributed by atoms with Crippen LogP contribution >= 0.6 is 8.53 Å². The second-order valence-electron chi connectivity index (χ2n) is 22.9. The van der Waals surface area contributed by atoms with Crippen molar-refractivity contribution >= 4 is 31.4 Å². The van der Waals surface area contributed by atoms with E-state index >= 15 is 0 Å². The third kappa shape index (κ3) is 19.3. The molecule has 3 heterocycles. The Morgan fingerprint density at radius 3 is 1.67 bits per heavy atom. The van der Waals surface area contributed by atoms with Gasteiger partial charge in [0.05, 0.1) is 46.3 Å². The topological polar surface area (TPSA) is 164 Å². The maximum Gasteiger partial charge on any atom is 0.259 e. The van der Waals surface area contributed by atoms with E-state index in [0.29, 0.717) is 34.8 Å². The predicted octanol–water partition coefficient (Wildman–Crippen LogP) is 16.9. The number of unbranched alkanes of at least 4 members (excludes halogenated alkanes) is 19. The Morgan fingerprint density at radius 2 is 1.16 bits per heavy atom. The van der Waals surface area contributed by atoms with Gasteiger partial charge in [0, 0.05) is 24.3 Å². The monoisotopic (exact) mass is 1180 g/mol. The van der Waals surface area contributed by atoms with Gasteiger partial charge in [-0.05, 0) is 87.2 Å². The maximum atomic E-state index is 13.6. The molecule has 0 saturated carbocycles. The highest BCUT2D eigenvalue weighted by Gasteiger charge is 2.52. The van der Waals surface area contributed by atoms with Crippen molar-refractivity contribution in [2.45, 2.75) is 212 Å². The first-order valence-electron chi connectivity index (χ1n) is 31.7. The van der Waals surface area contributed by atoms with Crippen molar-refractivity contribution in [2.24, 2.45) is 0 Å². The standard InChI is InChI=1S/C69H96N7O8P/c1-8-9-10-11-12-13-14-15-16-17-18-19-20-21-22-23-24-25-26-33-48-80-64-63(84-85(82-49-34-47-70)76(53(2)3)54(4)5)61(83-68(64)75-52-73-62-65(71-51-72-66(62)75)74-67(77)55-35-29-27-30-36-55)50-81-69(56-37-31-28-32-38-56,57-39-43-59(78-6)44-40-57)58-41-45-60(79-7)46-42-58/h27-32,35-46,51-54,61,63-64,68H,8-26,33-34,48-50H2,1-7H3,(H,71,72,74,77)/t61-,63-,64-,68-,85?/m1/s1. The molecule has 460 valence electrons. The minimum absolute atomic E-state index is 0.0119. The molecule has 16 heteroatoms. The molecule has 1 N–H and O–H groups in total. The highest BCUT2D eigenvalue weighted by atomic mass is 31.2. The number of imidazole rings is 1. The van der Waals surface area contributed by atoms with Gasteiger partial charge in [-0.3, -0.25) is 9.36 Å². The summed E-state index contributed by atoms with van der Waals surface area (Å²) in [6.45, 7) is 11.4. The van der Waals surface area contributed by atoms with Crippen molar-refractivity contribution in [3.63, 3.8) is 0 Å². The van der Waals surface area contributed by atoms with Gasteiger partial charge in [0.25, 0.3) is 14.4 Å². The summed E-state index contributed by atoms with van der Waals surface area (Å²) in [6.07, 6.45) is 26.1. The minimum Gasteiger partial charge on any atom is -0.497 e. The summed E-state index contributed by atoms with van der Waals surface area (Å²) in [6, 6.07) is 37.4. The van der Waals surface area contributed by atoms with Gasteiger partial charge in [0.1, 0.15) is 41.7 Å². The number of amides is 1. The number of methoxy groups -OCH3 is 2. The molecule has 7 rings (SSSR count). The van der Waals surface area contributed by atoms with Gasteiger partial charge in [-0.1, -0.05) is 202 Å². The van der Waals surface area contributed by atoms with Crippen LogP contribution in [0.5, 0.6) is 11.5 Å². The van der Waals surface area contributed by atoms with Gasteiger partial charge in [-0.2, -0.15) is 5.26 Å². The van der Waals surface area contributed by atoms with Crippen LogP contribution < -0.4 is 14.8 Å². The van der Waals surface area contributed by atoms with E-state index < -0.39 is 38.7 Å². The maximum absolute atomic E-state index is 13.6. The largest absolute Gasteiger partial charge is 0.497 e. The Bertz CT molecular complexity index is 2800. The van der Waals surface area contributed by atoms with Crippen LogP contribution in [-0.2, 0) is 28.9 Å². The van der Waals surface area contributed by atoms with E-state index in [4.69, 9.17) is 42.7 Å². The number of anilines is 1. The molecule has 6 aromatic rings. The first kappa shape index (κ1) is 66.7. The Balaban J connectivity index is 1.15. The molecule has 15 nitrogen and oxygen atoms in total. The number of nitrogens with zero attached hydrogens (tertiary/aromatic N) is 6. The summed E-state index contributed by atoms with van der Waals surface area (Å²) in [5.41, 5.74) is 2.72. The van der Waals surface area contributed by atoms with Gasteiger partial charge in [-0.15, -0.1) is 0 Å². The SMILES string of the molecule is CCCCCCCCCCCCCCCCCCCCCCO[C@@H]1[C@H](OP(OCCC#N)N(C(C)C)C(C)C)[C@@H](COC(c2ccccc2)(c2ccc(OC)cc2)c2ccc(OC)cc2)O[C@H]1n1cnc2c(NC(=O)c3ccccc3)ncnc21. The van der Waals surface area contributed by atoms with Gasteiger partial charge < -0.3 is 38.0 Å². The van der Waals surface area contributed by atoms with Crippen molar-refractivity contribution in [3.8, 4) is 17.6 Å². The van der Waals surface area contributed by atoms with Crippen LogP contribution in [0.2, 0.25) is 0 Å². The van der Waals surface area contributed by atoms with E-state index in [2.05, 4.69) is 67.8 Å². The highest BCUT2D eigenvalue weighted by Crippen LogP contribution is 2.52. The molecule has 1 fully saturated rings. The number of hydrogen-bond donors (Lipinski definition) is 1. The number of aromatic nitrogens is 4. The van der Waals surface area contributed by atoms with E-state index in [1.807, 2.05) is 89.5 Å². The highest BCUT2D eigenvalue weighted by molar-refractivity contribution is 7.44. The molecule has 2 aromatic heterocycles. The lowest BCUT2D eigenvalue weighted by atomic mass is 9.80. The lowest BCUT2D eigenvalue weighted by molar-refractivity contribution is -0.0954. The molecule has 1 amide bonds. The Kier molecular flexibility index (Phi) is 28.5. The molecular formula is C69H96N7O8P. The number of hydrogen-bond acceptors (Lipinski definition) is 13. The quantitative estimate of drug-likeness (QED) is 0.0219. The number of carbonyl (C=O) groups excluding carboxylic acids is 1. The molecule has 1 aliphatic rings. The van der Waals surface area contributed by atoms with E-state index in [-0.39, 0.29) is 43.4 Å². The molecule has 1 unspecified atom stereocenters. The van der Waals surface area contributed by atoms with Gasteiger partial charge in [0.2, 0.25) is 0 Å². The first-order chi connectivity index (χ1) is 41.6. The molecule has 0 aliphatic carbocycles. The second-order valence-corrected chi connectivity index (χ2v) is 24.3. The Morgan fingerprint density at radius 1 is 0.659 bits per heavy atom. The zero-order valence-electron chi connectivity index (χ0n) is 51.9. The Hall–Kier alpha value is -5.82. The lowest BCUT2D eigenvalue weighted by Crippen LogP contribution is -2.43. The summed E-state index contributed by atoms with van der Waals surface area (Å²) < 4.78 is 51.7. The van der Waals surface area contributed by atoms with Crippen molar-refractivity contribution in [3.05, 3.63) is 144 Å². The third-order valence-corrected chi connectivity index (χ3v) is 18.1. The molecular weight excluding hydrogens is 1090 g/mol. The minimum atomic E-state index is -1.81. The zero-order chi connectivity index (χ0) is 60.1. The number of benzene rings is 4. The average molecular weight is 1180 g/mol. The van der Waals surface area contributed by atoms with Gasteiger partial charge >= 0.3 is 0 Å². The summed E-state index contributed by atoms with van der Waals surface area (Å²) in [7, 11) is 1.50. The fourth-order valence-electron chi connectivity index (χ4n) is 11.5. The van der Waals surface area contributed by atoms with Crippen molar-refractivity contribution in [2.75, 3.05) is 39.4 Å². The predicted molar refractivity (Wildman–Crippen MR) is 340 cm³/mol. The summed E-state index contributed by atoms with van der Waals surface area (Å²) >= 11 is 0.